The van der Waals surface area contributed by atoms with Crippen LogP contribution in [0.5, 0.6) is 0 Å². The predicted octanol–water partition coefficient (Wildman–Crippen LogP) is 4.10. The van der Waals surface area contributed by atoms with Gasteiger partial charge in [-0.1, -0.05) is 13.8 Å². The summed E-state index contributed by atoms with van der Waals surface area (Å²) in [6, 6.07) is 0. The molecule has 1 N–H and O–H groups in total. The summed E-state index contributed by atoms with van der Waals surface area (Å²) in [6.07, 6.45) is 6.82. The fourth-order valence-corrected chi connectivity index (χ4v) is 6.72. The molecular weight excluding hydrogens is 286 g/mol. The number of hydrogen-bond acceptors (Lipinski definition) is 2. The minimum Gasteiger partial charge on any atom is -0.393 e. The van der Waals surface area contributed by atoms with Gasteiger partial charge >= 0.3 is 0 Å². The summed E-state index contributed by atoms with van der Waals surface area (Å²) in [6.45, 7) is 14.1. The summed E-state index contributed by atoms with van der Waals surface area (Å²) >= 11 is 0. The minimum absolute atomic E-state index is 0.222. The number of aliphatic hydroxyl groups excluding tert-OH is 1. The number of aliphatic hydroxyl groups is 1. The van der Waals surface area contributed by atoms with Gasteiger partial charge in [-0.25, -0.2) is 6.57 Å². The largest absolute Gasteiger partial charge is 0.393 e. The van der Waals surface area contributed by atoms with Crippen molar-refractivity contribution >= 4 is 5.78 Å². The SMILES string of the molecule is [C-]#[N+]CC[C@]1(C)C(=O)CC[C@@H]2[C@H]1CC[C@]1(C)[C@@H]([C@H](C)O)CC[C@@H]21. The number of Topliss-reactive ketones (excluding diaryl/α,β-unsaturated/α-hetero) is 1. The molecule has 0 aromatic heterocycles. The molecule has 3 saturated carbocycles. The Morgan fingerprint density at radius 2 is 2.00 bits per heavy atom. The van der Waals surface area contributed by atoms with Crippen molar-refractivity contribution in [1.82, 2.24) is 0 Å². The van der Waals surface area contributed by atoms with Crippen LogP contribution in [0.2, 0.25) is 0 Å². The highest BCUT2D eigenvalue weighted by Crippen LogP contribution is 2.64. The lowest BCUT2D eigenvalue weighted by molar-refractivity contribution is -0.146. The van der Waals surface area contributed by atoms with Crippen LogP contribution < -0.4 is 0 Å². The molecule has 3 fully saturated rings. The summed E-state index contributed by atoms with van der Waals surface area (Å²) in [5.74, 6) is 2.54. The second kappa shape index (κ2) is 5.88. The topological polar surface area (TPSA) is 41.7 Å². The molecule has 7 atom stereocenters. The summed E-state index contributed by atoms with van der Waals surface area (Å²) in [5, 5.41) is 10.2. The van der Waals surface area contributed by atoms with Crippen LogP contribution >= 0.6 is 0 Å². The molecule has 0 radical (unpaired) electrons. The summed E-state index contributed by atoms with van der Waals surface area (Å²) < 4.78 is 0. The van der Waals surface area contributed by atoms with E-state index < -0.39 is 0 Å². The van der Waals surface area contributed by atoms with E-state index in [4.69, 9.17) is 6.57 Å². The molecule has 3 heteroatoms. The van der Waals surface area contributed by atoms with Gasteiger partial charge in [-0.2, -0.15) is 0 Å². The molecule has 0 amide bonds. The van der Waals surface area contributed by atoms with Gasteiger partial charge in [0.1, 0.15) is 5.78 Å². The highest BCUT2D eigenvalue weighted by molar-refractivity contribution is 5.85. The van der Waals surface area contributed by atoms with Crippen LogP contribution in [0.3, 0.4) is 0 Å². The Labute approximate surface area is 140 Å². The van der Waals surface area contributed by atoms with Crippen LogP contribution in [0.25, 0.3) is 4.85 Å². The first-order valence-corrected chi connectivity index (χ1v) is 9.39. The number of carbonyl (C=O) groups excluding carboxylic acids is 1. The van der Waals surface area contributed by atoms with Crippen molar-refractivity contribution in [1.29, 1.82) is 0 Å². The van der Waals surface area contributed by atoms with Crippen molar-refractivity contribution in [2.45, 2.75) is 71.8 Å². The smallest absolute Gasteiger partial charge is 0.215 e. The maximum atomic E-state index is 12.7. The van der Waals surface area contributed by atoms with Crippen LogP contribution in [-0.2, 0) is 4.79 Å². The predicted molar refractivity (Wildman–Crippen MR) is 90.6 cm³/mol. The van der Waals surface area contributed by atoms with Crippen molar-refractivity contribution in [2.75, 3.05) is 6.54 Å². The molecule has 128 valence electrons. The van der Waals surface area contributed by atoms with Crippen LogP contribution in [0.15, 0.2) is 0 Å². The Bertz CT molecular complexity index is 522. The van der Waals surface area contributed by atoms with E-state index in [0.717, 1.165) is 32.1 Å². The van der Waals surface area contributed by atoms with Crippen LogP contribution in [0.1, 0.15) is 65.7 Å². The number of fused-ring (bicyclic) bond motifs is 3. The van der Waals surface area contributed by atoms with E-state index in [9.17, 15) is 9.90 Å². The normalized spacial score (nSPS) is 47.5. The molecule has 3 aliphatic rings. The van der Waals surface area contributed by atoms with Gasteiger partial charge in [0, 0.05) is 18.3 Å². The van der Waals surface area contributed by atoms with E-state index >= 15 is 0 Å². The molecule has 0 heterocycles. The fraction of sp³-hybridized carbons (Fsp3) is 0.900. The average molecular weight is 317 g/mol. The lowest BCUT2D eigenvalue weighted by Gasteiger charge is -2.55. The van der Waals surface area contributed by atoms with Gasteiger partial charge in [0.2, 0.25) is 6.54 Å². The van der Waals surface area contributed by atoms with Gasteiger partial charge in [-0.3, -0.25) is 4.79 Å². The monoisotopic (exact) mass is 317 g/mol. The van der Waals surface area contributed by atoms with Crippen LogP contribution in [0.4, 0.5) is 0 Å². The van der Waals surface area contributed by atoms with E-state index in [0.29, 0.717) is 42.4 Å². The molecule has 23 heavy (non-hydrogen) atoms. The molecule has 0 saturated heterocycles. The van der Waals surface area contributed by atoms with Gasteiger partial charge in [0.05, 0.1) is 6.10 Å². The van der Waals surface area contributed by atoms with E-state index in [-0.39, 0.29) is 16.9 Å². The highest BCUT2D eigenvalue weighted by Gasteiger charge is 2.60. The fourth-order valence-electron chi connectivity index (χ4n) is 6.72. The Hall–Kier alpha value is -0.880. The second-order valence-electron chi connectivity index (χ2n) is 8.86. The molecular formula is C20H31NO2. The van der Waals surface area contributed by atoms with Crippen molar-refractivity contribution in [3.8, 4) is 0 Å². The zero-order valence-corrected chi connectivity index (χ0v) is 14.8. The Kier molecular flexibility index (Phi) is 4.34. The molecule has 0 unspecified atom stereocenters. The zero-order chi connectivity index (χ0) is 16.8. The molecule has 0 aromatic rings. The van der Waals surface area contributed by atoms with E-state index in [1.807, 2.05) is 6.92 Å². The maximum Gasteiger partial charge on any atom is 0.215 e. The molecule has 3 aliphatic carbocycles. The minimum atomic E-state index is -0.280. The van der Waals surface area contributed by atoms with Gasteiger partial charge in [0.25, 0.3) is 0 Å². The zero-order valence-electron chi connectivity index (χ0n) is 14.8. The van der Waals surface area contributed by atoms with Gasteiger partial charge in [-0.15, -0.1) is 0 Å². The van der Waals surface area contributed by atoms with Crippen LogP contribution in [-0.4, -0.2) is 23.5 Å². The van der Waals surface area contributed by atoms with Crippen LogP contribution in [0, 0.1) is 41.1 Å². The Morgan fingerprint density at radius 1 is 1.26 bits per heavy atom. The average Bonchev–Trinajstić information content (AvgIpc) is 2.86. The van der Waals surface area contributed by atoms with Gasteiger partial charge in [0.15, 0.2) is 0 Å². The third-order valence-corrected chi connectivity index (χ3v) is 8.00. The number of carbonyl (C=O) groups is 1. The van der Waals surface area contributed by atoms with Crippen molar-refractivity contribution in [2.24, 2.45) is 34.5 Å². The summed E-state index contributed by atoms with van der Waals surface area (Å²) in [4.78, 5) is 16.2. The maximum absolute atomic E-state index is 12.7. The first-order chi connectivity index (χ1) is 10.8. The molecule has 0 aromatic carbocycles. The number of ketones is 1. The van der Waals surface area contributed by atoms with Crippen molar-refractivity contribution in [3.63, 3.8) is 0 Å². The standard InChI is InChI=1S/C20H31NO2/c1-13(22)15-6-7-16-14-5-8-18(23)20(3,11-12-21-4)17(14)9-10-19(15,16)2/h13-17,22H,5-12H2,1-3H3/t13-,14-,15+,16-,17+,19+,20-/m0/s1. The number of rotatable bonds is 3. The molecule has 0 bridgehead atoms. The van der Waals surface area contributed by atoms with E-state index in [1.165, 1.54) is 6.42 Å². The summed E-state index contributed by atoms with van der Waals surface area (Å²) in [7, 11) is 0. The molecule has 0 aliphatic heterocycles. The first kappa shape index (κ1) is 17.0. The Morgan fingerprint density at radius 3 is 2.65 bits per heavy atom. The van der Waals surface area contributed by atoms with E-state index in [2.05, 4.69) is 18.7 Å². The number of nitrogens with zero attached hydrogens (tertiary/aromatic N) is 1. The van der Waals surface area contributed by atoms with Crippen molar-refractivity contribution < 1.29 is 9.90 Å². The molecule has 0 spiro atoms. The van der Waals surface area contributed by atoms with Crippen molar-refractivity contribution in [3.05, 3.63) is 11.4 Å². The van der Waals surface area contributed by atoms with E-state index in [1.54, 1.807) is 0 Å². The number of hydrogen-bond donors (Lipinski definition) is 1. The highest BCUT2D eigenvalue weighted by atomic mass is 16.3. The summed E-state index contributed by atoms with van der Waals surface area (Å²) in [5.41, 5.74) is -0.0336. The molecule has 3 nitrogen and oxygen atoms in total. The first-order valence-electron chi connectivity index (χ1n) is 9.39. The van der Waals surface area contributed by atoms with Gasteiger partial charge in [-0.05, 0) is 68.1 Å². The Balaban J connectivity index is 1.88. The lowest BCUT2D eigenvalue weighted by atomic mass is 9.48. The van der Waals surface area contributed by atoms with Gasteiger partial charge < -0.3 is 9.95 Å². The third kappa shape index (κ3) is 2.45. The lowest BCUT2D eigenvalue weighted by Crippen LogP contribution is -2.53. The third-order valence-electron chi connectivity index (χ3n) is 8.00. The second-order valence-corrected chi connectivity index (χ2v) is 8.86. The quantitative estimate of drug-likeness (QED) is 0.796. The molecule has 3 rings (SSSR count).